The van der Waals surface area contributed by atoms with Gasteiger partial charge in [-0.3, -0.25) is 4.90 Å². The molecule has 2 aromatic carbocycles. The number of nitrogens with zero attached hydrogens (tertiary/aromatic N) is 4. The first kappa shape index (κ1) is 27.5. The van der Waals surface area contributed by atoms with Crippen LogP contribution < -0.4 is 15.0 Å². The zero-order chi connectivity index (χ0) is 29.3. The van der Waals surface area contributed by atoms with Crippen LogP contribution in [0.4, 0.5) is 14.6 Å². The molecule has 0 saturated carbocycles. The average Bonchev–Trinajstić information content (AvgIpc) is 3.65. The van der Waals surface area contributed by atoms with E-state index in [0.29, 0.717) is 47.4 Å². The van der Waals surface area contributed by atoms with E-state index in [-0.39, 0.29) is 35.5 Å². The Labute approximate surface area is 250 Å². The van der Waals surface area contributed by atoms with Crippen molar-refractivity contribution in [2.24, 2.45) is 0 Å². The first-order chi connectivity index (χ1) is 20.9. The predicted octanol–water partition coefficient (Wildman–Crippen LogP) is 5.06. The SMILES string of the molecule is COC1CCCc2cc(O)cc(-c3ccc4c(N5C[C@H]6CC[C@@H](C5)N6)nc(OC[C@@]56CCCN5C[C@H](F)C6)nc4c3F)c21. The molecule has 1 aromatic heterocycles. The number of nitrogens with one attached hydrogen (secondary N) is 1. The second-order valence-corrected chi connectivity index (χ2v) is 13.2. The maximum absolute atomic E-state index is 16.8. The molecule has 2 bridgehead atoms. The van der Waals surface area contributed by atoms with Crippen LogP contribution in [-0.4, -0.2) is 83.7 Å². The fraction of sp³-hybridized carbons (Fsp3) is 0.576. The molecule has 1 aliphatic carbocycles. The predicted molar refractivity (Wildman–Crippen MR) is 160 cm³/mol. The summed E-state index contributed by atoms with van der Waals surface area (Å²) < 4.78 is 43.4. The van der Waals surface area contributed by atoms with E-state index in [2.05, 4.69) is 20.1 Å². The summed E-state index contributed by atoms with van der Waals surface area (Å²) in [5.74, 6) is 0.312. The number of rotatable bonds is 6. The first-order valence-corrected chi connectivity index (χ1v) is 15.8. The van der Waals surface area contributed by atoms with Crippen molar-refractivity contribution in [3.8, 4) is 22.9 Å². The van der Waals surface area contributed by atoms with Gasteiger partial charge in [0.2, 0.25) is 0 Å². The molecule has 2 N–H and O–H groups in total. The van der Waals surface area contributed by atoms with Gasteiger partial charge in [-0.25, -0.2) is 8.78 Å². The number of alkyl halides is 1. The van der Waals surface area contributed by atoms with Crippen molar-refractivity contribution in [2.75, 3.05) is 44.8 Å². The second kappa shape index (κ2) is 10.5. The third-order valence-electron chi connectivity index (χ3n) is 10.6. The molecule has 4 aliphatic heterocycles. The average molecular weight is 592 g/mol. The summed E-state index contributed by atoms with van der Waals surface area (Å²) in [5, 5.41) is 14.9. The van der Waals surface area contributed by atoms with Gasteiger partial charge in [0, 0.05) is 56.2 Å². The maximum atomic E-state index is 16.8. The molecule has 0 amide bonds. The van der Waals surface area contributed by atoms with E-state index in [4.69, 9.17) is 14.5 Å². The summed E-state index contributed by atoms with van der Waals surface area (Å²) in [6, 6.07) is 7.95. The smallest absolute Gasteiger partial charge is 0.319 e. The molecule has 0 spiro atoms. The molecule has 0 radical (unpaired) electrons. The molecule has 5 atom stereocenters. The van der Waals surface area contributed by atoms with Gasteiger partial charge in [-0.05, 0) is 86.4 Å². The third kappa shape index (κ3) is 4.64. The third-order valence-corrected chi connectivity index (χ3v) is 10.6. The number of aryl methyl sites for hydroxylation is 1. The van der Waals surface area contributed by atoms with Crippen LogP contribution in [0.25, 0.3) is 22.0 Å². The molecule has 228 valence electrons. The number of anilines is 1. The lowest BCUT2D eigenvalue weighted by atomic mass is 9.83. The zero-order valence-electron chi connectivity index (χ0n) is 24.6. The Bertz CT molecular complexity index is 1560. The van der Waals surface area contributed by atoms with Gasteiger partial charge in [0.1, 0.15) is 29.9 Å². The van der Waals surface area contributed by atoms with E-state index in [1.165, 1.54) is 0 Å². The highest BCUT2D eigenvalue weighted by molar-refractivity contribution is 5.94. The highest BCUT2D eigenvalue weighted by Crippen LogP contribution is 2.44. The molecule has 43 heavy (non-hydrogen) atoms. The van der Waals surface area contributed by atoms with Crippen molar-refractivity contribution in [3.05, 3.63) is 41.2 Å². The Balaban J connectivity index is 1.24. The van der Waals surface area contributed by atoms with Gasteiger partial charge in [0.05, 0.1) is 11.6 Å². The van der Waals surface area contributed by atoms with Gasteiger partial charge >= 0.3 is 6.01 Å². The minimum atomic E-state index is -0.863. The van der Waals surface area contributed by atoms with Gasteiger partial charge in [0.25, 0.3) is 0 Å². The van der Waals surface area contributed by atoms with Crippen LogP contribution in [0.15, 0.2) is 24.3 Å². The van der Waals surface area contributed by atoms with Gasteiger partial charge in [-0.2, -0.15) is 9.97 Å². The number of hydrogen-bond donors (Lipinski definition) is 2. The lowest BCUT2D eigenvalue weighted by Crippen LogP contribution is -2.51. The van der Waals surface area contributed by atoms with E-state index in [9.17, 15) is 9.50 Å². The minimum Gasteiger partial charge on any atom is -0.508 e. The van der Waals surface area contributed by atoms with E-state index in [0.717, 1.165) is 75.7 Å². The summed E-state index contributed by atoms with van der Waals surface area (Å²) in [4.78, 5) is 14.0. The molecule has 8 rings (SSSR count). The Morgan fingerprint density at radius 3 is 2.72 bits per heavy atom. The van der Waals surface area contributed by atoms with Gasteiger partial charge in [-0.1, -0.05) is 6.07 Å². The van der Waals surface area contributed by atoms with Crippen molar-refractivity contribution in [2.45, 2.75) is 81.3 Å². The zero-order valence-corrected chi connectivity index (χ0v) is 24.6. The highest BCUT2D eigenvalue weighted by atomic mass is 19.1. The number of piperazine rings is 1. The summed E-state index contributed by atoms with van der Waals surface area (Å²) in [5.41, 5.74) is 2.75. The summed E-state index contributed by atoms with van der Waals surface area (Å²) in [6.45, 7) is 3.14. The normalized spacial score (nSPS) is 30.2. The van der Waals surface area contributed by atoms with E-state index < -0.39 is 12.0 Å². The lowest BCUT2D eigenvalue weighted by Gasteiger charge is -2.34. The van der Waals surface area contributed by atoms with Crippen LogP contribution in [0.3, 0.4) is 0 Å². The van der Waals surface area contributed by atoms with Crippen molar-refractivity contribution < 1.29 is 23.4 Å². The number of fused-ring (bicyclic) bond motifs is 5. The molecule has 3 aromatic rings. The van der Waals surface area contributed by atoms with Crippen LogP contribution in [0.2, 0.25) is 0 Å². The van der Waals surface area contributed by atoms with Crippen LogP contribution in [0, 0.1) is 5.82 Å². The molecule has 5 aliphatic rings. The minimum absolute atomic E-state index is 0.108. The number of aromatic nitrogens is 2. The Kier molecular flexibility index (Phi) is 6.72. The van der Waals surface area contributed by atoms with Crippen LogP contribution in [0.1, 0.15) is 62.2 Å². The van der Waals surface area contributed by atoms with Gasteiger partial charge in [-0.15, -0.1) is 0 Å². The number of benzene rings is 2. The summed E-state index contributed by atoms with van der Waals surface area (Å²) in [7, 11) is 1.68. The molecule has 10 heteroatoms. The summed E-state index contributed by atoms with van der Waals surface area (Å²) >= 11 is 0. The van der Waals surface area contributed by atoms with Crippen molar-refractivity contribution >= 4 is 16.7 Å². The van der Waals surface area contributed by atoms with Crippen molar-refractivity contribution in [1.82, 2.24) is 20.2 Å². The van der Waals surface area contributed by atoms with E-state index in [1.54, 1.807) is 25.3 Å². The largest absolute Gasteiger partial charge is 0.508 e. The maximum Gasteiger partial charge on any atom is 0.319 e. The number of ether oxygens (including phenoxy) is 2. The molecule has 1 unspecified atom stereocenters. The standard InChI is InChI=1S/C33H39F2N5O3/c1-42-27-5-2-4-19-12-23(41)13-26(28(19)27)24-8-9-25-30(29(24)35)37-32(38-31(25)39-16-21-6-7-22(17-39)36-21)43-18-33-10-3-11-40(33)15-20(34)14-33/h8-9,12-13,20-22,27,36,41H,2-7,10-11,14-18H2,1H3/t20-,21-,22+,27?,33+/m1/s1. The molecule has 4 saturated heterocycles. The summed E-state index contributed by atoms with van der Waals surface area (Å²) in [6.07, 6.45) is 6.09. The number of hydrogen-bond acceptors (Lipinski definition) is 8. The van der Waals surface area contributed by atoms with Crippen LogP contribution >= 0.6 is 0 Å². The van der Waals surface area contributed by atoms with Crippen molar-refractivity contribution in [1.29, 1.82) is 0 Å². The number of aromatic hydroxyl groups is 1. The topological polar surface area (TPSA) is 83.0 Å². The highest BCUT2D eigenvalue weighted by Gasteiger charge is 2.49. The molecular formula is C33H39F2N5O3. The molecule has 8 nitrogen and oxygen atoms in total. The molecule has 5 heterocycles. The Morgan fingerprint density at radius 1 is 1.07 bits per heavy atom. The van der Waals surface area contributed by atoms with Gasteiger partial charge in [0.15, 0.2) is 5.82 Å². The molecule has 4 fully saturated rings. The van der Waals surface area contributed by atoms with Gasteiger partial charge < -0.3 is 24.8 Å². The number of phenols is 1. The monoisotopic (exact) mass is 591 g/mol. The Hall–Kier alpha value is -3.08. The fourth-order valence-electron chi connectivity index (χ4n) is 8.62. The number of halogens is 2. The first-order valence-electron chi connectivity index (χ1n) is 15.8. The van der Waals surface area contributed by atoms with E-state index >= 15 is 4.39 Å². The fourth-order valence-corrected chi connectivity index (χ4v) is 8.62. The number of phenolic OH excluding ortho intramolecular Hbond substituents is 1. The van der Waals surface area contributed by atoms with Crippen LogP contribution in [-0.2, 0) is 11.2 Å². The van der Waals surface area contributed by atoms with Crippen molar-refractivity contribution in [3.63, 3.8) is 0 Å². The quantitative estimate of drug-likeness (QED) is 0.412. The second-order valence-electron chi connectivity index (χ2n) is 13.2. The molecular weight excluding hydrogens is 552 g/mol. The Morgan fingerprint density at radius 2 is 1.91 bits per heavy atom. The number of methoxy groups -OCH3 is 1. The van der Waals surface area contributed by atoms with E-state index in [1.807, 2.05) is 6.07 Å². The lowest BCUT2D eigenvalue weighted by molar-refractivity contribution is 0.0885. The van der Waals surface area contributed by atoms with Crippen LogP contribution in [0.5, 0.6) is 11.8 Å².